The summed E-state index contributed by atoms with van der Waals surface area (Å²) >= 11 is 5.93. The van der Waals surface area contributed by atoms with Gasteiger partial charge >= 0.3 is 6.03 Å². The molecule has 2 aliphatic heterocycles. The number of halogens is 2. The van der Waals surface area contributed by atoms with Gasteiger partial charge in [-0.15, -0.1) is 0 Å². The number of nitrogens with zero attached hydrogens (tertiary/aromatic N) is 4. The molecule has 2 aliphatic rings. The van der Waals surface area contributed by atoms with Crippen LogP contribution in [0.15, 0.2) is 42.6 Å². The molecule has 1 aromatic heterocycles. The highest BCUT2D eigenvalue weighted by atomic mass is 35.5. The molecule has 1 aromatic carbocycles. The summed E-state index contributed by atoms with van der Waals surface area (Å²) in [6.45, 7) is 3.19. The normalized spacial score (nSPS) is 24.4. The Labute approximate surface area is 169 Å². The van der Waals surface area contributed by atoms with Crippen molar-refractivity contribution in [2.75, 3.05) is 33.7 Å². The van der Waals surface area contributed by atoms with Crippen molar-refractivity contribution >= 4 is 17.6 Å². The average molecular weight is 403 g/mol. The van der Waals surface area contributed by atoms with E-state index < -0.39 is 0 Å². The number of pyridine rings is 1. The third kappa shape index (κ3) is 3.71. The molecule has 0 N–H and O–H groups in total. The molecule has 0 bridgehead atoms. The first-order chi connectivity index (χ1) is 13.4. The third-order valence-electron chi connectivity index (χ3n) is 5.73. The maximum atomic E-state index is 13.9. The van der Waals surface area contributed by atoms with Gasteiger partial charge in [0.1, 0.15) is 5.82 Å². The molecule has 7 heteroatoms. The lowest BCUT2D eigenvalue weighted by Gasteiger charge is -2.31. The molecule has 0 unspecified atom stereocenters. The van der Waals surface area contributed by atoms with E-state index in [1.807, 2.05) is 23.1 Å². The molecule has 2 saturated heterocycles. The Balaban J connectivity index is 1.56. The molecule has 4 rings (SSSR count). The number of rotatable bonds is 3. The molecule has 3 heterocycles. The van der Waals surface area contributed by atoms with Crippen LogP contribution in [0.25, 0.3) is 0 Å². The molecule has 2 aromatic rings. The molecule has 5 nitrogen and oxygen atoms in total. The Hall–Kier alpha value is -2.18. The Morgan fingerprint density at radius 1 is 1.25 bits per heavy atom. The summed E-state index contributed by atoms with van der Waals surface area (Å²) in [5.74, 6) is 0.376. The van der Waals surface area contributed by atoms with Crippen molar-refractivity contribution in [2.24, 2.45) is 11.8 Å². The van der Waals surface area contributed by atoms with E-state index in [1.165, 1.54) is 6.07 Å². The highest BCUT2D eigenvalue weighted by Gasteiger charge is 2.49. The van der Waals surface area contributed by atoms with Crippen LogP contribution in [0, 0.1) is 17.7 Å². The van der Waals surface area contributed by atoms with E-state index in [4.69, 9.17) is 11.6 Å². The lowest BCUT2D eigenvalue weighted by molar-refractivity contribution is 0.151. The molecule has 0 aliphatic carbocycles. The Kier molecular flexibility index (Phi) is 5.25. The maximum Gasteiger partial charge on any atom is 0.320 e. The number of hydrogen-bond acceptors (Lipinski definition) is 3. The molecule has 0 saturated carbocycles. The van der Waals surface area contributed by atoms with Crippen LogP contribution in [0.4, 0.5) is 9.18 Å². The summed E-state index contributed by atoms with van der Waals surface area (Å²) in [6, 6.07) is 10.3. The summed E-state index contributed by atoms with van der Waals surface area (Å²) < 4.78 is 13.9. The minimum Gasteiger partial charge on any atom is -0.331 e. The summed E-state index contributed by atoms with van der Waals surface area (Å²) in [5.41, 5.74) is 1.85. The number of fused-ring (bicyclic) bond motifs is 1. The molecule has 148 valence electrons. The first-order valence-electron chi connectivity index (χ1n) is 9.48. The van der Waals surface area contributed by atoms with Gasteiger partial charge in [0, 0.05) is 52.4 Å². The van der Waals surface area contributed by atoms with Gasteiger partial charge in [-0.3, -0.25) is 9.88 Å². The highest BCUT2D eigenvalue weighted by Crippen LogP contribution is 2.45. The zero-order valence-corrected chi connectivity index (χ0v) is 16.8. The van der Waals surface area contributed by atoms with Crippen LogP contribution in [0.5, 0.6) is 0 Å². The lowest BCUT2D eigenvalue weighted by atomic mass is 9.89. The molecule has 2 amide bonds. The molecular weight excluding hydrogens is 379 g/mol. The van der Waals surface area contributed by atoms with E-state index in [0.29, 0.717) is 17.5 Å². The number of benzene rings is 1. The molecular formula is C21H24ClFN4O. The van der Waals surface area contributed by atoms with E-state index in [9.17, 15) is 9.18 Å². The summed E-state index contributed by atoms with van der Waals surface area (Å²) in [5, 5.41) is 0.631. The quantitative estimate of drug-likeness (QED) is 0.786. The van der Waals surface area contributed by atoms with Crippen LogP contribution in [0.3, 0.4) is 0 Å². The van der Waals surface area contributed by atoms with Gasteiger partial charge in [-0.25, -0.2) is 9.18 Å². The smallest absolute Gasteiger partial charge is 0.320 e. The maximum absolute atomic E-state index is 13.9. The zero-order valence-electron chi connectivity index (χ0n) is 16.1. The largest absolute Gasteiger partial charge is 0.331 e. The minimum absolute atomic E-state index is 0.0189. The van der Waals surface area contributed by atoms with Gasteiger partial charge in [-0.1, -0.05) is 23.7 Å². The van der Waals surface area contributed by atoms with Crippen LogP contribution in [0.1, 0.15) is 17.3 Å². The number of carbonyl (C=O) groups excluding carboxylic acids is 1. The molecule has 28 heavy (non-hydrogen) atoms. The lowest BCUT2D eigenvalue weighted by Crippen LogP contribution is -2.41. The van der Waals surface area contributed by atoms with Crippen LogP contribution in [-0.2, 0) is 6.54 Å². The topological polar surface area (TPSA) is 39.7 Å². The second-order valence-electron chi connectivity index (χ2n) is 7.91. The monoisotopic (exact) mass is 402 g/mol. The minimum atomic E-state index is -0.265. The van der Waals surface area contributed by atoms with Gasteiger partial charge < -0.3 is 9.80 Å². The zero-order chi connectivity index (χ0) is 19.8. The van der Waals surface area contributed by atoms with Crippen molar-refractivity contribution in [1.29, 1.82) is 0 Å². The van der Waals surface area contributed by atoms with Crippen LogP contribution >= 0.6 is 11.6 Å². The predicted molar refractivity (Wildman–Crippen MR) is 106 cm³/mol. The standard InChI is InChI=1S/C21H24ClFN4O/c1-25(2)21(28)27-11-15-10-26(12-18-7-6-16(22)9-24-18)13-19(15)20(27)14-4-3-5-17(23)8-14/h3-9,15,19-20H,10-13H2,1-2H3/t15-,19-,20-/m1/s1. The van der Waals surface area contributed by atoms with Gasteiger partial charge in [0.05, 0.1) is 16.8 Å². The highest BCUT2D eigenvalue weighted by molar-refractivity contribution is 6.30. The molecule has 0 radical (unpaired) electrons. The number of urea groups is 1. The molecule has 3 atom stereocenters. The van der Waals surface area contributed by atoms with Gasteiger partial charge in [0.2, 0.25) is 0 Å². The first kappa shape index (κ1) is 19.2. The summed E-state index contributed by atoms with van der Waals surface area (Å²) in [4.78, 5) is 23.0. The Bertz CT molecular complexity index is 860. The number of likely N-dealkylation sites (tertiary alicyclic amines) is 2. The van der Waals surface area contributed by atoms with Crippen molar-refractivity contribution in [1.82, 2.24) is 19.7 Å². The number of hydrogen-bond donors (Lipinski definition) is 0. The average Bonchev–Trinajstić information content (AvgIpc) is 3.19. The van der Waals surface area contributed by atoms with E-state index in [2.05, 4.69) is 9.88 Å². The van der Waals surface area contributed by atoms with Crippen molar-refractivity contribution in [3.8, 4) is 0 Å². The molecule has 2 fully saturated rings. The van der Waals surface area contributed by atoms with Crippen LogP contribution < -0.4 is 0 Å². The van der Waals surface area contributed by atoms with E-state index in [-0.39, 0.29) is 23.8 Å². The van der Waals surface area contributed by atoms with Gasteiger partial charge in [0.15, 0.2) is 0 Å². The fourth-order valence-electron chi connectivity index (χ4n) is 4.57. The van der Waals surface area contributed by atoms with E-state index in [0.717, 1.165) is 30.9 Å². The first-order valence-corrected chi connectivity index (χ1v) is 9.86. The Morgan fingerprint density at radius 2 is 2.07 bits per heavy atom. The van der Waals surface area contributed by atoms with Crippen molar-refractivity contribution in [3.63, 3.8) is 0 Å². The van der Waals surface area contributed by atoms with Crippen molar-refractivity contribution in [3.05, 3.63) is 64.7 Å². The number of carbonyl (C=O) groups is 1. The van der Waals surface area contributed by atoms with E-state index in [1.54, 1.807) is 37.3 Å². The molecule has 0 spiro atoms. The number of amides is 2. The fraction of sp³-hybridized carbons (Fsp3) is 0.429. The van der Waals surface area contributed by atoms with E-state index >= 15 is 0 Å². The van der Waals surface area contributed by atoms with Gasteiger partial charge in [-0.2, -0.15) is 0 Å². The van der Waals surface area contributed by atoms with Crippen LogP contribution in [0.2, 0.25) is 5.02 Å². The van der Waals surface area contributed by atoms with Crippen molar-refractivity contribution in [2.45, 2.75) is 12.6 Å². The van der Waals surface area contributed by atoms with Crippen LogP contribution in [-0.4, -0.2) is 59.4 Å². The second-order valence-corrected chi connectivity index (χ2v) is 8.35. The Morgan fingerprint density at radius 3 is 2.75 bits per heavy atom. The van der Waals surface area contributed by atoms with Gasteiger partial charge in [-0.05, 0) is 35.7 Å². The third-order valence-corrected chi connectivity index (χ3v) is 5.96. The number of aromatic nitrogens is 1. The summed E-state index contributed by atoms with van der Waals surface area (Å²) in [7, 11) is 3.52. The fourth-order valence-corrected chi connectivity index (χ4v) is 4.68. The van der Waals surface area contributed by atoms with Gasteiger partial charge in [0.25, 0.3) is 0 Å². The SMILES string of the molecule is CN(C)C(=O)N1C[C@H]2CN(Cc3ccc(Cl)cn3)C[C@H]2[C@H]1c1cccc(F)c1. The van der Waals surface area contributed by atoms with Crippen molar-refractivity contribution < 1.29 is 9.18 Å². The second kappa shape index (κ2) is 7.68. The predicted octanol–water partition coefficient (Wildman–Crippen LogP) is 3.66. The summed E-state index contributed by atoms with van der Waals surface area (Å²) in [6.07, 6.45) is 1.67.